The van der Waals surface area contributed by atoms with Crippen LogP contribution in [-0.4, -0.2) is 11.8 Å². The second kappa shape index (κ2) is 8.84. The minimum atomic E-state index is -0.312. The van der Waals surface area contributed by atoms with Gasteiger partial charge in [0.15, 0.2) is 0 Å². The van der Waals surface area contributed by atoms with Crippen LogP contribution in [0.3, 0.4) is 0 Å². The Morgan fingerprint density at radius 2 is 1.88 bits per heavy atom. The highest BCUT2D eigenvalue weighted by Gasteiger charge is 2.13. The van der Waals surface area contributed by atoms with Crippen LogP contribution in [0, 0.1) is 12.7 Å². The first-order chi connectivity index (χ1) is 12.6. The smallest absolute Gasteiger partial charge is 0.141 e. The third-order valence-electron chi connectivity index (χ3n) is 4.82. The molecule has 0 amide bonds. The summed E-state index contributed by atoms with van der Waals surface area (Å²) < 4.78 is 13.3. The molecule has 0 bridgehead atoms. The summed E-state index contributed by atoms with van der Waals surface area (Å²) in [6, 6.07) is 12.5. The van der Waals surface area contributed by atoms with E-state index in [9.17, 15) is 9.18 Å². The number of rotatable bonds is 6. The van der Waals surface area contributed by atoms with E-state index in [-0.39, 0.29) is 24.4 Å². The number of azo groups is 1. The molecule has 0 radical (unpaired) electrons. The van der Waals surface area contributed by atoms with E-state index in [1.807, 2.05) is 25.1 Å². The topological polar surface area (TPSA) is 41.8 Å². The zero-order valence-corrected chi connectivity index (χ0v) is 15.2. The maximum absolute atomic E-state index is 13.3. The Morgan fingerprint density at radius 3 is 2.65 bits per heavy atom. The highest BCUT2D eigenvalue weighted by atomic mass is 19.1. The van der Waals surface area contributed by atoms with Gasteiger partial charge < -0.3 is 0 Å². The van der Waals surface area contributed by atoms with Crippen LogP contribution in [0.4, 0.5) is 10.1 Å². The Balaban J connectivity index is 1.70. The second-order valence-corrected chi connectivity index (χ2v) is 7.16. The van der Waals surface area contributed by atoms with Gasteiger partial charge in [0.05, 0.1) is 11.7 Å². The van der Waals surface area contributed by atoms with Gasteiger partial charge in [-0.1, -0.05) is 49.1 Å². The molecule has 0 atom stereocenters. The number of carbonyl (C=O) groups is 1. The summed E-state index contributed by atoms with van der Waals surface area (Å²) in [5.74, 6) is -0.261. The van der Waals surface area contributed by atoms with Crippen molar-refractivity contribution in [3.8, 4) is 0 Å². The summed E-state index contributed by atoms with van der Waals surface area (Å²) in [4.78, 5) is 12.5. The van der Waals surface area contributed by atoms with Gasteiger partial charge in [0.25, 0.3) is 0 Å². The molecular formula is C22H25FN2O. The number of aryl methyl sites for hydroxylation is 1. The highest BCUT2D eigenvalue weighted by Crippen LogP contribution is 2.26. The summed E-state index contributed by atoms with van der Waals surface area (Å²) in [6.07, 6.45) is 6.44. The molecule has 0 aromatic heterocycles. The standard InChI is InChI=1S/C22H25FN2O/c1-16-10-11-22(25-24-20-8-3-2-4-9-20)18(12-16)15-21(26)14-17-6-5-7-19(23)13-17/h5-7,10-13,20H,2-4,8-9,14-15H2,1H3. The maximum atomic E-state index is 13.3. The summed E-state index contributed by atoms with van der Waals surface area (Å²) >= 11 is 0. The molecule has 0 aliphatic heterocycles. The number of benzene rings is 2. The molecule has 1 saturated carbocycles. The average Bonchev–Trinajstić information content (AvgIpc) is 2.62. The number of hydrogen-bond donors (Lipinski definition) is 0. The van der Waals surface area contributed by atoms with Gasteiger partial charge in [0, 0.05) is 12.8 Å². The Bertz CT molecular complexity index is 794. The number of halogens is 1. The predicted molar refractivity (Wildman–Crippen MR) is 101 cm³/mol. The summed E-state index contributed by atoms with van der Waals surface area (Å²) in [6.45, 7) is 2.00. The minimum Gasteiger partial charge on any atom is -0.299 e. The lowest BCUT2D eigenvalue weighted by molar-refractivity contribution is -0.117. The van der Waals surface area contributed by atoms with Crippen molar-refractivity contribution >= 4 is 11.5 Å². The quantitative estimate of drug-likeness (QED) is 0.596. The van der Waals surface area contributed by atoms with Gasteiger partial charge in [-0.25, -0.2) is 4.39 Å². The molecule has 4 heteroatoms. The molecule has 0 N–H and O–H groups in total. The maximum Gasteiger partial charge on any atom is 0.141 e. The molecule has 1 fully saturated rings. The first-order valence-corrected chi connectivity index (χ1v) is 9.37. The van der Waals surface area contributed by atoms with E-state index in [1.54, 1.807) is 12.1 Å². The highest BCUT2D eigenvalue weighted by molar-refractivity contribution is 5.84. The number of Topliss-reactive ketones (excluding diaryl/α,β-unsaturated/α-hetero) is 1. The lowest BCUT2D eigenvalue weighted by Gasteiger charge is -2.16. The normalized spacial score (nSPS) is 15.5. The molecule has 0 unspecified atom stereocenters. The molecule has 3 nitrogen and oxygen atoms in total. The molecule has 3 rings (SSSR count). The Hall–Kier alpha value is -2.36. The Morgan fingerprint density at radius 1 is 1.08 bits per heavy atom. The van der Waals surface area contributed by atoms with Crippen molar-refractivity contribution in [1.82, 2.24) is 0 Å². The first-order valence-electron chi connectivity index (χ1n) is 9.37. The molecule has 136 valence electrons. The van der Waals surface area contributed by atoms with Gasteiger partial charge in [-0.15, -0.1) is 0 Å². The first kappa shape index (κ1) is 18.4. The van der Waals surface area contributed by atoms with Crippen LogP contribution < -0.4 is 0 Å². The van der Waals surface area contributed by atoms with E-state index in [0.29, 0.717) is 11.6 Å². The zero-order chi connectivity index (χ0) is 18.4. The van der Waals surface area contributed by atoms with Gasteiger partial charge >= 0.3 is 0 Å². The third kappa shape index (κ3) is 5.32. The van der Waals surface area contributed by atoms with Crippen LogP contribution in [0.15, 0.2) is 52.7 Å². The van der Waals surface area contributed by atoms with Crippen molar-refractivity contribution in [2.45, 2.75) is 57.9 Å². The van der Waals surface area contributed by atoms with Crippen LogP contribution in [0.5, 0.6) is 0 Å². The molecule has 2 aromatic rings. The largest absolute Gasteiger partial charge is 0.299 e. The van der Waals surface area contributed by atoms with Gasteiger partial charge in [-0.05, 0) is 49.1 Å². The van der Waals surface area contributed by atoms with Gasteiger partial charge in [0.1, 0.15) is 11.6 Å². The van der Waals surface area contributed by atoms with Crippen LogP contribution >= 0.6 is 0 Å². The molecule has 2 aromatic carbocycles. The van der Waals surface area contributed by atoms with Crippen LogP contribution in [0.2, 0.25) is 0 Å². The molecule has 1 aliphatic rings. The molecule has 0 saturated heterocycles. The summed E-state index contributed by atoms with van der Waals surface area (Å²) in [5, 5.41) is 8.97. The SMILES string of the molecule is Cc1ccc(N=NC2CCCCC2)c(CC(=O)Cc2cccc(F)c2)c1. The fourth-order valence-corrected chi connectivity index (χ4v) is 3.44. The predicted octanol–water partition coefficient (Wildman–Crippen LogP) is 5.90. The van der Waals surface area contributed by atoms with Gasteiger partial charge in [-0.2, -0.15) is 10.2 Å². The van der Waals surface area contributed by atoms with Crippen LogP contribution in [0.25, 0.3) is 0 Å². The van der Waals surface area contributed by atoms with Crippen molar-refractivity contribution in [2.75, 3.05) is 0 Å². The zero-order valence-electron chi connectivity index (χ0n) is 15.2. The third-order valence-corrected chi connectivity index (χ3v) is 4.82. The number of hydrogen-bond acceptors (Lipinski definition) is 3. The number of ketones is 1. The molecule has 26 heavy (non-hydrogen) atoms. The second-order valence-electron chi connectivity index (χ2n) is 7.16. The fraction of sp³-hybridized carbons (Fsp3) is 0.409. The van der Waals surface area contributed by atoms with E-state index in [4.69, 9.17) is 0 Å². The number of carbonyl (C=O) groups excluding carboxylic acids is 1. The lowest BCUT2D eigenvalue weighted by Crippen LogP contribution is -2.09. The minimum absolute atomic E-state index is 0.0512. The summed E-state index contributed by atoms with van der Waals surface area (Å²) in [7, 11) is 0. The van der Waals surface area contributed by atoms with Crippen LogP contribution in [0.1, 0.15) is 48.8 Å². The van der Waals surface area contributed by atoms with Crippen molar-refractivity contribution in [1.29, 1.82) is 0 Å². The lowest BCUT2D eigenvalue weighted by atomic mass is 9.96. The van der Waals surface area contributed by atoms with Crippen molar-refractivity contribution in [2.24, 2.45) is 10.2 Å². The monoisotopic (exact) mass is 352 g/mol. The van der Waals surface area contributed by atoms with E-state index < -0.39 is 0 Å². The summed E-state index contributed by atoms with van der Waals surface area (Å²) in [5.41, 5.74) is 3.46. The van der Waals surface area contributed by atoms with E-state index in [2.05, 4.69) is 10.2 Å². The van der Waals surface area contributed by atoms with Crippen LogP contribution in [-0.2, 0) is 17.6 Å². The molecule has 1 aliphatic carbocycles. The Kier molecular flexibility index (Phi) is 6.26. The fourth-order valence-electron chi connectivity index (χ4n) is 3.44. The number of nitrogens with zero attached hydrogens (tertiary/aromatic N) is 2. The van der Waals surface area contributed by atoms with Crippen molar-refractivity contribution in [3.05, 3.63) is 65.0 Å². The molecule has 0 spiro atoms. The molecular weight excluding hydrogens is 327 g/mol. The van der Waals surface area contributed by atoms with Gasteiger partial charge in [0.2, 0.25) is 0 Å². The molecule has 0 heterocycles. The average molecular weight is 352 g/mol. The van der Waals surface area contributed by atoms with Crippen molar-refractivity contribution in [3.63, 3.8) is 0 Å². The van der Waals surface area contributed by atoms with E-state index >= 15 is 0 Å². The van der Waals surface area contributed by atoms with E-state index in [1.165, 1.54) is 31.4 Å². The Labute approximate surface area is 154 Å². The van der Waals surface area contributed by atoms with Crippen molar-refractivity contribution < 1.29 is 9.18 Å². The van der Waals surface area contributed by atoms with E-state index in [0.717, 1.165) is 29.7 Å². The van der Waals surface area contributed by atoms with Gasteiger partial charge in [-0.3, -0.25) is 4.79 Å².